The molecule has 0 N–H and O–H groups in total. The lowest BCUT2D eigenvalue weighted by Crippen LogP contribution is -2.45. The molecule has 0 spiro atoms. The average Bonchev–Trinajstić information content (AvgIpc) is 2.32. The van der Waals surface area contributed by atoms with Crippen LogP contribution in [0.25, 0.3) is 0 Å². The molecule has 0 radical (unpaired) electrons. The predicted octanol–water partition coefficient (Wildman–Crippen LogP) is 3.79. The molecule has 2 heteroatoms. The second-order valence-corrected chi connectivity index (χ2v) is 7.28. The first-order valence-corrected chi connectivity index (χ1v) is 7.09. The third-order valence-corrected chi connectivity index (χ3v) is 4.19. The highest BCUT2D eigenvalue weighted by Gasteiger charge is 2.33. The number of carbonyl (C=O) groups is 1. The fraction of sp³-hybridized carbons (Fsp3) is 0.588. The van der Waals surface area contributed by atoms with Crippen molar-refractivity contribution < 1.29 is 4.79 Å². The van der Waals surface area contributed by atoms with E-state index in [1.165, 1.54) is 5.56 Å². The number of ketones is 1. The molecule has 19 heavy (non-hydrogen) atoms. The van der Waals surface area contributed by atoms with Crippen molar-refractivity contribution in [2.45, 2.75) is 46.5 Å². The summed E-state index contributed by atoms with van der Waals surface area (Å²) in [5, 5.41) is 0. The number of benzene rings is 1. The molecule has 1 aliphatic heterocycles. The van der Waals surface area contributed by atoms with Gasteiger partial charge in [-0.2, -0.15) is 0 Å². The Labute approximate surface area is 116 Å². The van der Waals surface area contributed by atoms with Gasteiger partial charge in [-0.05, 0) is 29.5 Å². The monoisotopic (exact) mass is 259 g/mol. The number of carbonyl (C=O) groups excluding carboxylic acids is 1. The molecule has 2 nitrogen and oxygen atoms in total. The van der Waals surface area contributed by atoms with Crippen LogP contribution in [0.5, 0.6) is 0 Å². The summed E-state index contributed by atoms with van der Waals surface area (Å²) in [6.07, 6.45) is 0.937. The fourth-order valence-corrected chi connectivity index (χ4v) is 2.41. The molecule has 0 unspecified atom stereocenters. The Morgan fingerprint density at radius 3 is 2.16 bits per heavy atom. The maximum atomic E-state index is 12.1. The van der Waals surface area contributed by atoms with E-state index in [1.807, 2.05) is 0 Å². The minimum atomic E-state index is -0.151. The largest absolute Gasteiger partial charge is 0.364 e. The Hall–Kier alpha value is -1.31. The molecule has 1 saturated heterocycles. The first-order chi connectivity index (χ1) is 8.70. The number of piperidine rings is 1. The van der Waals surface area contributed by atoms with Gasteiger partial charge in [0.2, 0.25) is 0 Å². The van der Waals surface area contributed by atoms with Gasteiger partial charge >= 0.3 is 0 Å². The summed E-state index contributed by atoms with van der Waals surface area (Å²) in [7, 11) is 0. The SMILES string of the molecule is CC1(C)CCN(c2ccc(C(C)(C)C)cc2)CC1=O. The van der Waals surface area contributed by atoms with Gasteiger partial charge in [-0.15, -0.1) is 0 Å². The zero-order valence-corrected chi connectivity index (χ0v) is 12.8. The molecule has 1 heterocycles. The topological polar surface area (TPSA) is 20.3 Å². The first kappa shape index (κ1) is 14.1. The molecular weight excluding hydrogens is 234 g/mol. The number of rotatable bonds is 1. The van der Waals surface area contributed by atoms with E-state index < -0.39 is 0 Å². The normalized spacial score (nSPS) is 19.6. The average molecular weight is 259 g/mol. The van der Waals surface area contributed by atoms with Gasteiger partial charge in [-0.25, -0.2) is 0 Å². The van der Waals surface area contributed by atoms with Crippen molar-refractivity contribution in [3.05, 3.63) is 29.8 Å². The maximum Gasteiger partial charge on any atom is 0.157 e. The van der Waals surface area contributed by atoms with Crippen molar-refractivity contribution in [3.63, 3.8) is 0 Å². The van der Waals surface area contributed by atoms with Crippen LogP contribution in [0.3, 0.4) is 0 Å². The Balaban J connectivity index is 2.14. The van der Waals surface area contributed by atoms with Crippen LogP contribution in [0, 0.1) is 5.41 Å². The van der Waals surface area contributed by atoms with Gasteiger partial charge in [0, 0.05) is 17.6 Å². The standard InChI is InChI=1S/C17H25NO/c1-16(2,3)13-6-8-14(9-7-13)18-11-10-17(4,5)15(19)12-18/h6-9H,10-12H2,1-5H3. The van der Waals surface area contributed by atoms with E-state index in [1.54, 1.807) is 0 Å². The Morgan fingerprint density at radius 2 is 1.68 bits per heavy atom. The van der Waals surface area contributed by atoms with Crippen LogP contribution < -0.4 is 4.90 Å². The molecule has 1 fully saturated rings. The number of nitrogens with zero attached hydrogens (tertiary/aromatic N) is 1. The second kappa shape index (κ2) is 4.66. The molecule has 2 rings (SSSR count). The van der Waals surface area contributed by atoms with Crippen molar-refractivity contribution in [1.29, 1.82) is 0 Å². The van der Waals surface area contributed by atoms with Gasteiger partial charge in [0.05, 0.1) is 6.54 Å². The molecule has 0 bridgehead atoms. The van der Waals surface area contributed by atoms with E-state index in [0.29, 0.717) is 12.3 Å². The van der Waals surface area contributed by atoms with E-state index in [2.05, 4.69) is 63.8 Å². The van der Waals surface area contributed by atoms with Crippen molar-refractivity contribution in [2.24, 2.45) is 5.41 Å². The van der Waals surface area contributed by atoms with Gasteiger partial charge in [0.1, 0.15) is 0 Å². The second-order valence-electron chi connectivity index (χ2n) is 7.28. The summed E-state index contributed by atoms with van der Waals surface area (Å²) >= 11 is 0. The summed E-state index contributed by atoms with van der Waals surface area (Å²) in [5.74, 6) is 0.346. The van der Waals surface area contributed by atoms with Crippen LogP contribution in [0.4, 0.5) is 5.69 Å². The van der Waals surface area contributed by atoms with E-state index in [0.717, 1.165) is 18.7 Å². The van der Waals surface area contributed by atoms with Crippen LogP contribution in [0.1, 0.15) is 46.6 Å². The number of anilines is 1. The lowest BCUT2D eigenvalue weighted by Gasteiger charge is -2.37. The van der Waals surface area contributed by atoms with Gasteiger partial charge in [-0.3, -0.25) is 4.79 Å². The zero-order valence-electron chi connectivity index (χ0n) is 12.8. The Bertz CT molecular complexity index is 465. The lowest BCUT2D eigenvalue weighted by atomic mass is 9.81. The highest BCUT2D eigenvalue weighted by atomic mass is 16.1. The first-order valence-electron chi connectivity index (χ1n) is 7.09. The number of hydrogen-bond donors (Lipinski definition) is 0. The van der Waals surface area contributed by atoms with Gasteiger partial charge in [-0.1, -0.05) is 46.8 Å². The van der Waals surface area contributed by atoms with Gasteiger partial charge in [0.25, 0.3) is 0 Å². The van der Waals surface area contributed by atoms with E-state index >= 15 is 0 Å². The van der Waals surface area contributed by atoms with Crippen molar-refractivity contribution in [1.82, 2.24) is 0 Å². The van der Waals surface area contributed by atoms with Crippen LogP contribution in [0.15, 0.2) is 24.3 Å². The van der Waals surface area contributed by atoms with Crippen LogP contribution in [0.2, 0.25) is 0 Å². The molecule has 1 aliphatic rings. The Morgan fingerprint density at radius 1 is 1.11 bits per heavy atom. The molecular formula is C17H25NO. The molecule has 0 atom stereocenters. The third kappa shape index (κ3) is 2.99. The predicted molar refractivity (Wildman–Crippen MR) is 80.8 cm³/mol. The van der Waals surface area contributed by atoms with E-state index in [4.69, 9.17) is 0 Å². The highest BCUT2D eigenvalue weighted by molar-refractivity contribution is 5.89. The number of Topliss-reactive ketones (excluding diaryl/α,β-unsaturated/α-hetero) is 1. The summed E-state index contributed by atoms with van der Waals surface area (Å²) in [4.78, 5) is 14.3. The fourth-order valence-electron chi connectivity index (χ4n) is 2.41. The molecule has 0 aromatic heterocycles. The summed E-state index contributed by atoms with van der Waals surface area (Å²) in [6.45, 7) is 12.3. The van der Waals surface area contributed by atoms with Crippen LogP contribution >= 0.6 is 0 Å². The van der Waals surface area contributed by atoms with Crippen molar-refractivity contribution >= 4 is 11.5 Å². The van der Waals surface area contributed by atoms with Crippen molar-refractivity contribution in [3.8, 4) is 0 Å². The smallest absolute Gasteiger partial charge is 0.157 e. The quantitative estimate of drug-likeness (QED) is 0.765. The summed E-state index contributed by atoms with van der Waals surface area (Å²) in [6, 6.07) is 8.65. The van der Waals surface area contributed by atoms with Gasteiger partial charge < -0.3 is 4.90 Å². The third-order valence-electron chi connectivity index (χ3n) is 4.19. The molecule has 0 aliphatic carbocycles. The minimum Gasteiger partial charge on any atom is -0.364 e. The van der Waals surface area contributed by atoms with E-state index in [9.17, 15) is 4.79 Å². The molecule has 0 saturated carbocycles. The zero-order chi connectivity index (χ0) is 14.3. The lowest BCUT2D eigenvalue weighted by molar-refractivity contribution is -0.127. The molecule has 104 valence electrons. The Kier molecular flexibility index (Phi) is 3.46. The number of hydrogen-bond acceptors (Lipinski definition) is 2. The van der Waals surface area contributed by atoms with E-state index in [-0.39, 0.29) is 10.8 Å². The van der Waals surface area contributed by atoms with Crippen molar-refractivity contribution in [2.75, 3.05) is 18.0 Å². The molecule has 1 aromatic carbocycles. The summed E-state index contributed by atoms with van der Waals surface area (Å²) in [5.41, 5.74) is 2.52. The minimum absolute atomic E-state index is 0.151. The highest BCUT2D eigenvalue weighted by Crippen LogP contribution is 2.31. The van der Waals surface area contributed by atoms with Crippen LogP contribution in [-0.4, -0.2) is 18.9 Å². The molecule has 1 aromatic rings. The maximum absolute atomic E-state index is 12.1. The summed E-state index contributed by atoms with van der Waals surface area (Å²) < 4.78 is 0. The van der Waals surface area contributed by atoms with Crippen LogP contribution in [-0.2, 0) is 10.2 Å². The molecule has 0 amide bonds. The van der Waals surface area contributed by atoms with Gasteiger partial charge in [0.15, 0.2) is 5.78 Å².